The average Bonchev–Trinajstić information content (AvgIpc) is 2.72. The summed E-state index contributed by atoms with van der Waals surface area (Å²) in [6, 6.07) is 4.46. The van der Waals surface area contributed by atoms with Crippen LogP contribution in [0.1, 0.15) is 5.56 Å². The van der Waals surface area contributed by atoms with Gasteiger partial charge < -0.3 is 15.8 Å². The Kier molecular flexibility index (Phi) is 3.08. The average molecular weight is 235 g/mol. The second-order valence-electron chi connectivity index (χ2n) is 3.92. The smallest absolute Gasteiger partial charge is 0.279 e. The van der Waals surface area contributed by atoms with Crippen molar-refractivity contribution in [1.82, 2.24) is 4.98 Å². The lowest BCUT2D eigenvalue weighted by Crippen LogP contribution is -2.26. The molecular weight excluding hydrogens is 222 g/mol. The predicted octanol–water partition coefficient (Wildman–Crippen LogP) is 0.938. The summed E-state index contributed by atoms with van der Waals surface area (Å²) in [5, 5.41) is 20.4. The molecule has 1 unspecified atom stereocenters. The van der Waals surface area contributed by atoms with Gasteiger partial charge in [0.2, 0.25) is 0 Å². The summed E-state index contributed by atoms with van der Waals surface area (Å²) in [6.07, 6.45) is 2.11. The molecule has 0 radical (unpaired) electrons. The molecule has 90 valence electrons. The molecule has 2 rings (SSSR count). The van der Waals surface area contributed by atoms with E-state index < -0.39 is 11.0 Å². The van der Waals surface area contributed by atoms with Crippen LogP contribution < -0.4 is 5.73 Å². The number of nitro groups is 1. The van der Waals surface area contributed by atoms with Crippen LogP contribution >= 0.6 is 0 Å². The van der Waals surface area contributed by atoms with Gasteiger partial charge >= 0.3 is 0 Å². The first-order chi connectivity index (χ1) is 8.13. The fourth-order valence-electron chi connectivity index (χ4n) is 1.90. The van der Waals surface area contributed by atoms with E-state index in [0.717, 1.165) is 5.56 Å². The molecule has 0 saturated carbocycles. The van der Waals surface area contributed by atoms with Gasteiger partial charge in [0, 0.05) is 18.3 Å². The van der Waals surface area contributed by atoms with Crippen LogP contribution in [0.25, 0.3) is 10.9 Å². The summed E-state index contributed by atoms with van der Waals surface area (Å²) in [6.45, 7) is -0.146. The van der Waals surface area contributed by atoms with E-state index in [2.05, 4.69) is 4.98 Å². The number of benzene rings is 1. The summed E-state index contributed by atoms with van der Waals surface area (Å²) in [7, 11) is 0. The van der Waals surface area contributed by atoms with Crippen molar-refractivity contribution >= 4 is 16.6 Å². The Labute approximate surface area is 97.2 Å². The summed E-state index contributed by atoms with van der Waals surface area (Å²) in [5.41, 5.74) is 7.17. The number of aliphatic hydroxyl groups is 1. The number of rotatable bonds is 4. The lowest BCUT2D eigenvalue weighted by molar-refractivity contribution is -0.383. The van der Waals surface area contributed by atoms with Crippen molar-refractivity contribution in [3.8, 4) is 0 Å². The van der Waals surface area contributed by atoms with Crippen molar-refractivity contribution in [2.24, 2.45) is 5.73 Å². The second kappa shape index (κ2) is 4.52. The van der Waals surface area contributed by atoms with Crippen molar-refractivity contribution in [3.05, 3.63) is 40.1 Å². The Morgan fingerprint density at radius 1 is 1.53 bits per heavy atom. The highest BCUT2D eigenvalue weighted by molar-refractivity contribution is 5.91. The summed E-state index contributed by atoms with van der Waals surface area (Å²) in [4.78, 5) is 13.5. The third-order valence-corrected chi connectivity index (χ3v) is 2.68. The number of nitrogens with one attached hydrogen (secondary N) is 1. The third-order valence-electron chi connectivity index (χ3n) is 2.68. The number of hydrogen-bond acceptors (Lipinski definition) is 4. The van der Waals surface area contributed by atoms with E-state index in [1.807, 2.05) is 0 Å². The number of nitrogens with zero attached hydrogens (tertiary/aromatic N) is 1. The van der Waals surface area contributed by atoms with Crippen LogP contribution in [0.2, 0.25) is 0 Å². The monoisotopic (exact) mass is 235 g/mol. The van der Waals surface area contributed by atoms with Crippen LogP contribution in [0.4, 0.5) is 5.69 Å². The maximum absolute atomic E-state index is 10.9. The molecule has 0 spiro atoms. The maximum atomic E-state index is 10.9. The van der Waals surface area contributed by atoms with E-state index in [9.17, 15) is 10.1 Å². The Bertz CT molecular complexity index is 550. The van der Waals surface area contributed by atoms with Crippen LogP contribution in [-0.2, 0) is 6.42 Å². The van der Waals surface area contributed by atoms with Gasteiger partial charge in [-0.1, -0.05) is 6.07 Å². The molecule has 0 amide bonds. The number of hydrogen-bond donors (Lipinski definition) is 3. The van der Waals surface area contributed by atoms with Crippen LogP contribution in [0.15, 0.2) is 24.4 Å². The van der Waals surface area contributed by atoms with E-state index >= 15 is 0 Å². The first kappa shape index (κ1) is 11.6. The third kappa shape index (κ3) is 2.13. The number of nitro benzene ring substituents is 1. The molecule has 1 aromatic carbocycles. The van der Waals surface area contributed by atoms with Gasteiger partial charge in [-0.25, -0.2) is 0 Å². The lowest BCUT2D eigenvalue weighted by Gasteiger charge is -2.06. The van der Waals surface area contributed by atoms with Crippen molar-refractivity contribution in [2.75, 3.05) is 6.61 Å². The molecule has 1 aromatic heterocycles. The van der Waals surface area contributed by atoms with E-state index in [-0.39, 0.29) is 12.3 Å². The first-order valence-corrected chi connectivity index (χ1v) is 5.23. The number of aromatic nitrogens is 1. The molecule has 0 aliphatic rings. The van der Waals surface area contributed by atoms with Gasteiger partial charge in [0.1, 0.15) is 0 Å². The maximum Gasteiger partial charge on any atom is 0.279 e. The zero-order chi connectivity index (χ0) is 12.4. The lowest BCUT2D eigenvalue weighted by atomic mass is 10.0. The van der Waals surface area contributed by atoms with Gasteiger partial charge in [0.15, 0.2) is 0 Å². The molecule has 2 aromatic rings. The predicted molar refractivity (Wildman–Crippen MR) is 63.7 cm³/mol. The molecule has 1 atom stereocenters. The van der Waals surface area contributed by atoms with Crippen LogP contribution in [-0.4, -0.2) is 27.7 Å². The summed E-state index contributed by atoms with van der Waals surface area (Å²) in [5.74, 6) is 0. The number of non-ortho nitro benzene ring substituents is 1. The normalized spacial score (nSPS) is 12.8. The molecule has 0 aliphatic carbocycles. The van der Waals surface area contributed by atoms with Gasteiger partial charge in [-0.3, -0.25) is 10.1 Å². The SMILES string of the molecule is NC(CO)Cc1c[nH]c2cccc([N+](=O)[O-])c12. The highest BCUT2D eigenvalue weighted by atomic mass is 16.6. The van der Waals surface area contributed by atoms with Crippen LogP contribution in [0, 0.1) is 10.1 Å². The summed E-state index contributed by atoms with van der Waals surface area (Å²) >= 11 is 0. The van der Waals surface area contributed by atoms with Crippen molar-refractivity contribution in [2.45, 2.75) is 12.5 Å². The van der Waals surface area contributed by atoms with E-state index in [1.165, 1.54) is 6.07 Å². The van der Waals surface area contributed by atoms with Gasteiger partial charge in [-0.2, -0.15) is 0 Å². The number of fused-ring (bicyclic) bond motifs is 1. The van der Waals surface area contributed by atoms with E-state index in [4.69, 9.17) is 10.8 Å². The van der Waals surface area contributed by atoms with Crippen LogP contribution in [0.5, 0.6) is 0 Å². The topological polar surface area (TPSA) is 105 Å². The number of aliphatic hydroxyl groups excluding tert-OH is 1. The number of H-pyrrole nitrogens is 1. The zero-order valence-corrected chi connectivity index (χ0v) is 9.09. The highest BCUT2D eigenvalue weighted by Gasteiger charge is 2.17. The summed E-state index contributed by atoms with van der Waals surface area (Å²) < 4.78 is 0. The zero-order valence-electron chi connectivity index (χ0n) is 9.09. The second-order valence-corrected chi connectivity index (χ2v) is 3.92. The fraction of sp³-hybridized carbons (Fsp3) is 0.273. The Morgan fingerprint density at radius 3 is 2.94 bits per heavy atom. The quantitative estimate of drug-likeness (QED) is 0.541. The number of nitrogens with two attached hydrogens (primary N) is 1. The molecule has 0 saturated heterocycles. The Morgan fingerprint density at radius 2 is 2.29 bits per heavy atom. The molecule has 0 aliphatic heterocycles. The van der Waals surface area contributed by atoms with Crippen molar-refractivity contribution in [1.29, 1.82) is 0 Å². The largest absolute Gasteiger partial charge is 0.395 e. The Balaban J connectivity index is 2.53. The van der Waals surface area contributed by atoms with E-state index in [1.54, 1.807) is 18.3 Å². The molecule has 6 nitrogen and oxygen atoms in total. The van der Waals surface area contributed by atoms with Gasteiger partial charge in [0.25, 0.3) is 5.69 Å². The van der Waals surface area contributed by atoms with Gasteiger partial charge in [-0.15, -0.1) is 0 Å². The minimum Gasteiger partial charge on any atom is -0.395 e. The van der Waals surface area contributed by atoms with Gasteiger partial charge in [-0.05, 0) is 18.1 Å². The van der Waals surface area contributed by atoms with Crippen molar-refractivity contribution < 1.29 is 10.0 Å². The number of aromatic amines is 1. The molecule has 1 heterocycles. The van der Waals surface area contributed by atoms with Gasteiger partial charge in [0.05, 0.1) is 22.4 Å². The highest BCUT2D eigenvalue weighted by Crippen LogP contribution is 2.28. The first-order valence-electron chi connectivity index (χ1n) is 5.23. The minimum atomic E-state index is -0.413. The fourth-order valence-corrected chi connectivity index (χ4v) is 1.90. The Hall–Kier alpha value is -1.92. The van der Waals surface area contributed by atoms with Crippen molar-refractivity contribution in [3.63, 3.8) is 0 Å². The minimum absolute atomic E-state index is 0.0592. The van der Waals surface area contributed by atoms with E-state index in [0.29, 0.717) is 17.3 Å². The molecular formula is C11H13N3O3. The molecule has 4 N–H and O–H groups in total. The molecule has 17 heavy (non-hydrogen) atoms. The molecule has 6 heteroatoms. The standard InChI is InChI=1S/C11H13N3O3/c12-8(6-15)4-7-5-13-9-2-1-3-10(11(7)9)14(16)17/h1-3,5,8,13,15H,4,6,12H2. The van der Waals surface area contributed by atoms with Crippen LogP contribution in [0.3, 0.4) is 0 Å². The molecule has 0 bridgehead atoms. The molecule has 0 fully saturated rings.